The average molecular weight is 328 g/mol. The molecule has 1 atom stereocenters. The molecule has 1 aromatic carbocycles. The second kappa shape index (κ2) is 5.74. The predicted octanol–water partition coefficient (Wildman–Crippen LogP) is 2.73. The van der Waals surface area contributed by atoms with Crippen LogP contribution in [0.5, 0.6) is 0 Å². The van der Waals surface area contributed by atoms with Crippen molar-refractivity contribution in [2.45, 2.75) is 25.2 Å². The molecule has 0 fully saturated rings. The molecule has 0 radical (unpaired) electrons. The molecular formula is C14H18BrNO3. The third kappa shape index (κ3) is 3.35. The van der Waals surface area contributed by atoms with Crippen molar-refractivity contribution < 1.29 is 14.3 Å². The predicted molar refractivity (Wildman–Crippen MR) is 77.0 cm³/mol. The Labute approximate surface area is 121 Å². The number of hydrogen-bond acceptors (Lipinski definition) is 3. The standard InChI is InChI=1S/C14H18BrNO3/c1-13(2,3)14(15,12(18)19-4)16-11(17)10-8-6-5-7-9-10/h5-9H,1-4H3,(H,16,17)/t14-/m1/s1. The van der Waals surface area contributed by atoms with E-state index in [4.69, 9.17) is 4.74 Å². The van der Waals surface area contributed by atoms with Gasteiger partial charge in [-0.15, -0.1) is 0 Å². The maximum absolute atomic E-state index is 12.2. The molecule has 0 aliphatic heterocycles. The Kier molecular flexibility index (Phi) is 4.74. The molecular weight excluding hydrogens is 310 g/mol. The number of amides is 1. The molecule has 0 saturated carbocycles. The number of rotatable bonds is 3. The van der Waals surface area contributed by atoms with Crippen molar-refractivity contribution in [2.75, 3.05) is 7.11 Å². The van der Waals surface area contributed by atoms with Gasteiger partial charge in [-0.2, -0.15) is 0 Å². The largest absolute Gasteiger partial charge is 0.467 e. The number of benzene rings is 1. The van der Waals surface area contributed by atoms with Crippen LogP contribution >= 0.6 is 15.9 Å². The van der Waals surface area contributed by atoms with Crippen molar-refractivity contribution in [3.8, 4) is 0 Å². The Balaban J connectivity index is 3.04. The molecule has 1 rings (SSSR count). The molecule has 0 spiro atoms. The number of ether oxygens (including phenoxy) is 1. The highest BCUT2D eigenvalue weighted by Gasteiger charge is 2.49. The molecule has 0 aromatic heterocycles. The molecule has 0 unspecified atom stereocenters. The second-order valence-corrected chi connectivity index (χ2v) is 6.41. The summed E-state index contributed by atoms with van der Waals surface area (Å²) in [4.78, 5) is 24.1. The van der Waals surface area contributed by atoms with E-state index in [-0.39, 0.29) is 5.91 Å². The maximum atomic E-state index is 12.2. The van der Waals surface area contributed by atoms with Crippen LogP contribution in [0.4, 0.5) is 0 Å². The van der Waals surface area contributed by atoms with E-state index < -0.39 is 15.8 Å². The molecule has 0 heterocycles. The third-order valence-electron chi connectivity index (χ3n) is 2.82. The zero-order chi connectivity index (χ0) is 14.7. The van der Waals surface area contributed by atoms with Gasteiger partial charge in [-0.25, -0.2) is 4.79 Å². The number of hydrogen-bond donors (Lipinski definition) is 1. The summed E-state index contributed by atoms with van der Waals surface area (Å²) < 4.78 is 3.50. The Morgan fingerprint density at radius 3 is 2.11 bits per heavy atom. The molecule has 1 aromatic rings. The lowest BCUT2D eigenvalue weighted by molar-refractivity contribution is -0.147. The van der Waals surface area contributed by atoms with E-state index in [2.05, 4.69) is 21.2 Å². The number of methoxy groups -OCH3 is 1. The fraction of sp³-hybridized carbons (Fsp3) is 0.429. The fourth-order valence-electron chi connectivity index (χ4n) is 1.50. The number of alkyl halides is 1. The first-order chi connectivity index (χ1) is 8.72. The first-order valence-corrected chi connectivity index (χ1v) is 6.66. The van der Waals surface area contributed by atoms with E-state index in [1.165, 1.54) is 7.11 Å². The minimum Gasteiger partial charge on any atom is -0.467 e. The van der Waals surface area contributed by atoms with Crippen LogP contribution in [0.15, 0.2) is 30.3 Å². The minimum absolute atomic E-state index is 0.335. The smallest absolute Gasteiger partial charge is 0.343 e. The molecule has 0 aliphatic carbocycles. The van der Waals surface area contributed by atoms with Crippen LogP contribution < -0.4 is 5.32 Å². The lowest BCUT2D eigenvalue weighted by atomic mass is 9.86. The first kappa shape index (κ1) is 15.7. The highest BCUT2D eigenvalue weighted by molar-refractivity contribution is 9.10. The zero-order valence-electron chi connectivity index (χ0n) is 11.5. The van der Waals surface area contributed by atoms with Gasteiger partial charge in [0.1, 0.15) is 0 Å². The molecule has 1 N–H and O–H groups in total. The summed E-state index contributed by atoms with van der Waals surface area (Å²) in [7, 11) is 1.29. The van der Waals surface area contributed by atoms with Crippen LogP contribution in [0.1, 0.15) is 31.1 Å². The van der Waals surface area contributed by atoms with E-state index in [1.807, 2.05) is 26.8 Å². The van der Waals surface area contributed by atoms with Gasteiger partial charge in [-0.1, -0.05) is 39.0 Å². The lowest BCUT2D eigenvalue weighted by Crippen LogP contribution is -2.58. The van der Waals surface area contributed by atoms with Crippen LogP contribution in [-0.2, 0) is 9.53 Å². The van der Waals surface area contributed by atoms with Crippen LogP contribution in [0, 0.1) is 5.41 Å². The van der Waals surface area contributed by atoms with Gasteiger partial charge >= 0.3 is 5.97 Å². The molecule has 4 nitrogen and oxygen atoms in total. The topological polar surface area (TPSA) is 55.4 Å². The van der Waals surface area contributed by atoms with E-state index in [0.717, 1.165) is 0 Å². The first-order valence-electron chi connectivity index (χ1n) is 5.87. The third-order valence-corrected chi connectivity index (χ3v) is 4.53. The van der Waals surface area contributed by atoms with Gasteiger partial charge < -0.3 is 10.1 Å². The summed E-state index contributed by atoms with van der Waals surface area (Å²) in [5, 5.41) is 2.70. The SMILES string of the molecule is COC(=O)[C@@](Br)(NC(=O)c1ccccc1)C(C)(C)C. The summed E-state index contributed by atoms with van der Waals surface area (Å²) in [6.07, 6.45) is 0. The molecule has 0 aliphatic rings. The molecule has 1 amide bonds. The summed E-state index contributed by atoms with van der Waals surface area (Å²) in [6.45, 7) is 5.51. The van der Waals surface area contributed by atoms with E-state index >= 15 is 0 Å². The van der Waals surface area contributed by atoms with Crippen molar-refractivity contribution in [2.24, 2.45) is 5.41 Å². The number of carbonyl (C=O) groups excluding carboxylic acids is 2. The van der Waals surface area contributed by atoms with Gasteiger partial charge in [0.2, 0.25) is 0 Å². The molecule has 5 heteroatoms. The Morgan fingerprint density at radius 1 is 1.16 bits per heavy atom. The van der Waals surface area contributed by atoms with Crippen LogP contribution in [-0.4, -0.2) is 23.4 Å². The van der Waals surface area contributed by atoms with Crippen LogP contribution in [0.25, 0.3) is 0 Å². The summed E-state index contributed by atoms with van der Waals surface area (Å²) >= 11 is 3.32. The van der Waals surface area contributed by atoms with Crippen molar-refractivity contribution in [3.05, 3.63) is 35.9 Å². The van der Waals surface area contributed by atoms with Crippen molar-refractivity contribution in [3.63, 3.8) is 0 Å². The number of halogens is 1. The van der Waals surface area contributed by atoms with Gasteiger partial charge in [-0.3, -0.25) is 4.79 Å². The highest BCUT2D eigenvalue weighted by atomic mass is 79.9. The van der Waals surface area contributed by atoms with E-state index in [9.17, 15) is 9.59 Å². The number of nitrogens with one attached hydrogen (secondary N) is 1. The fourth-order valence-corrected chi connectivity index (χ4v) is 1.85. The minimum atomic E-state index is -1.28. The normalized spacial score (nSPS) is 14.4. The summed E-state index contributed by atoms with van der Waals surface area (Å²) in [5.41, 5.74) is -0.0654. The van der Waals surface area contributed by atoms with Gasteiger partial charge in [0.25, 0.3) is 5.91 Å². The van der Waals surface area contributed by atoms with Gasteiger partial charge in [0, 0.05) is 11.0 Å². The molecule has 104 valence electrons. The van der Waals surface area contributed by atoms with Crippen LogP contribution in [0.2, 0.25) is 0 Å². The monoisotopic (exact) mass is 327 g/mol. The van der Waals surface area contributed by atoms with E-state index in [1.54, 1.807) is 24.3 Å². The molecule has 19 heavy (non-hydrogen) atoms. The van der Waals surface area contributed by atoms with E-state index in [0.29, 0.717) is 5.56 Å². The second-order valence-electron chi connectivity index (χ2n) is 5.22. The number of carbonyl (C=O) groups is 2. The molecule has 0 saturated heterocycles. The quantitative estimate of drug-likeness (QED) is 0.527. The Hall–Kier alpha value is -1.36. The Bertz CT molecular complexity index is 467. The van der Waals surface area contributed by atoms with Gasteiger partial charge in [0.05, 0.1) is 7.11 Å². The average Bonchev–Trinajstić information content (AvgIpc) is 2.37. The van der Waals surface area contributed by atoms with Crippen molar-refractivity contribution in [1.82, 2.24) is 5.32 Å². The van der Waals surface area contributed by atoms with Gasteiger partial charge in [-0.05, 0) is 28.1 Å². The van der Waals surface area contributed by atoms with Crippen molar-refractivity contribution >= 4 is 27.8 Å². The summed E-state index contributed by atoms with van der Waals surface area (Å²) in [5.74, 6) is -0.873. The van der Waals surface area contributed by atoms with Gasteiger partial charge in [0.15, 0.2) is 4.45 Å². The Morgan fingerprint density at radius 2 is 1.68 bits per heavy atom. The van der Waals surface area contributed by atoms with Crippen LogP contribution in [0.3, 0.4) is 0 Å². The summed E-state index contributed by atoms with van der Waals surface area (Å²) in [6, 6.07) is 8.72. The zero-order valence-corrected chi connectivity index (χ0v) is 13.1. The maximum Gasteiger partial charge on any atom is 0.343 e. The van der Waals surface area contributed by atoms with Crippen molar-refractivity contribution in [1.29, 1.82) is 0 Å². The molecule has 0 bridgehead atoms. The lowest BCUT2D eigenvalue weighted by Gasteiger charge is -2.37. The highest BCUT2D eigenvalue weighted by Crippen LogP contribution is 2.37. The number of esters is 1.